The van der Waals surface area contributed by atoms with Crippen LogP contribution in [0.5, 0.6) is 0 Å². The minimum absolute atomic E-state index is 0.697. The van der Waals surface area contributed by atoms with Crippen molar-refractivity contribution in [2.45, 2.75) is 31.7 Å². The lowest BCUT2D eigenvalue weighted by Crippen LogP contribution is -2.45. The van der Waals surface area contributed by atoms with E-state index in [2.05, 4.69) is 47.4 Å². The highest BCUT2D eigenvalue weighted by atomic mass is 15.2. The normalized spacial score (nSPS) is 23.1. The summed E-state index contributed by atoms with van der Waals surface area (Å²) in [5.74, 6) is 0. The molecule has 2 aliphatic heterocycles. The van der Waals surface area contributed by atoms with Gasteiger partial charge < -0.3 is 15.1 Å². The highest BCUT2D eigenvalue weighted by molar-refractivity contribution is 5.62. The molecule has 1 saturated heterocycles. The quantitative estimate of drug-likeness (QED) is 0.880. The average molecular weight is 259 g/mol. The van der Waals surface area contributed by atoms with E-state index in [1.165, 1.54) is 55.7 Å². The van der Waals surface area contributed by atoms with E-state index in [1.807, 2.05) is 0 Å². The fraction of sp³-hybridized carbons (Fsp3) is 0.625. The van der Waals surface area contributed by atoms with E-state index in [0.29, 0.717) is 6.04 Å². The van der Waals surface area contributed by atoms with Crippen molar-refractivity contribution >= 4 is 11.4 Å². The first-order valence-corrected chi connectivity index (χ1v) is 7.52. The molecule has 2 heterocycles. The second-order valence-electron chi connectivity index (χ2n) is 6.08. The number of aryl methyl sites for hydroxylation is 1. The molecule has 1 fully saturated rings. The predicted octanol–water partition coefficient (Wildman–Crippen LogP) is 2.58. The number of likely N-dealkylation sites (N-methyl/N-ethyl adjacent to an activating group) is 1. The summed E-state index contributed by atoms with van der Waals surface area (Å²) in [5.41, 5.74) is 4.25. The van der Waals surface area contributed by atoms with Crippen LogP contribution in [0, 0.1) is 0 Å². The van der Waals surface area contributed by atoms with Crippen LogP contribution < -0.4 is 10.2 Å². The fourth-order valence-corrected chi connectivity index (χ4v) is 3.27. The smallest absolute Gasteiger partial charge is 0.0374 e. The Kier molecular flexibility index (Phi) is 3.65. The summed E-state index contributed by atoms with van der Waals surface area (Å²) in [4.78, 5) is 4.93. The van der Waals surface area contributed by atoms with Crippen molar-refractivity contribution in [3.8, 4) is 0 Å². The molecule has 0 saturated carbocycles. The molecule has 0 aliphatic carbocycles. The predicted molar refractivity (Wildman–Crippen MR) is 82.2 cm³/mol. The van der Waals surface area contributed by atoms with Crippen molar-refractivity contribution in [3.63, 3.8) is 0 Å². The first-order chi connectivity index (χ1) is 9.24. The standard InChI is InChI=1S/C16H25N3/c1-18(2)15-6-4-10-19(12-15)14-7-8-16-13(11-14)5-3-9-17-16/h7-8,11,15,17H,3-6,9-10,12H2,1-2H3. The second kappa shape index (κ2) is 5.41. The molecule has 1 aromatic carbocycles. The highest BCUT2D eigenvalue weighted by Gasteiger charge is 2.22. The van der Waals surface area contributed by atoms with Crippen LogP contribution in [0.3, 0.4) is 0 Å². The molecular weight excluding hydrogens is 234 g/mol. The van der Waals surface area contributed by atoms with Crippen molar-refractivity contribution < 1.29 is 0 Å². The topological polar surface area (TPSA) is 18.5 Å². The first-order valence-electron chi connectivity index (χ1n) is 7.52. The minimum Gasteiger partial charge on any atom is -0.385 e. The van der Waals surface area contributed by atoms with E-state index >= 15 is 0 Å². The zero-order valence-corrected chi connectivity index (χ0v) is 12.2. The lowest BCUT2D eigenvalue weighted by Gasteiger charge is -2.38. The summed E-state index contributed by atoms with van der Waals surface area (Å²) in [6, 6.07) is 7.65. The van der Waals surface area contributed by atoms with Gasteiger partial charge in [0.25, 0.3) is 0 Å². The number of nitrogens with one attached hydrogen (secondary N) is 1. The van der Waals surface area contributed by atoms with Crippen molar-refractivity contribution in [1.82, 2.24) is 4.90 Å². The molecule has 0 bridgehead atoms. The number of nitrogens with zero attached hydrogens (tertiary/aromatic N) is 2. The lowest BCUT2D eigenvalue weighted by atomic mass is 10.0. The number of rotatable bonds is 2. The van der Waals surface area contributed by atoms with Crippen molar-refractivity contribution in [2.24, 2.45) is 0 Å². The van der Waals surface area contributed by atoms with Gasteiger partial charge in [0.1, 0.15) is 0 Å². The highest BCUT2D eigenvalue weighted by Crippen LogP contribution is 2.29. The third-order valence-electron chi connectivity index (χ3n) is 4.52. The minimum atomic E-state index is 0.697. The number of fused-ring (bicyclic) bond motifs is 1. The van der Waals surface area contributed by atoms with Crippen LogP contribution in [0.15, 0.2) is 18.2 Å². The van der Waals surface area contributed by atoms with E-state index in [9.17, 15) is 0 Å². The molecule has 2 aliphatic rings. The molecule has 1 aromatic rings. The molecule has 0 aromatic heterocycles. The second-order valence-corrected chi connectivity index (χ2v) is 6.08. The fourth-order valence-electron chi connectivity index (χ4n) is 3.27. The maximum atomic E-state index is 3.49. The van der Waals surface area contributed by atoms with Gasteiger partial charge in [0.05, 0.1) is 0 Å². The van der Waals surface area contributed by atoms with Gasteiger partial charge in [0.15, 0.2) is 0 Å². The first kappa shape index (κ1) is 12.8. The molecular formula is C16H25N3. The lowest BCUT2D eigenvalue weighted by molar-refractivity contribution is 0.258. The zero-order chi connectivity index (χ0) is 13.2. The summed E-state index contributed by atoms with van der Waals surface area (Å²) in [6.07, 6.45) is 5.12. The van der Waals surface area contributed by atoms with E-state index in [1.54, 1.807) is 0 Å². The van der Waals surface area contributed by atoms with Gasteiger partial charge in [-0.15, -0.1) is 0 Å². The van der Waals surface area contributed by atoms with Crippen LogP contribution >= 0.6 is 0 Å². The van der Waals surface area contributed by atoms with E-state index in [4.69, 9.17) is 0 Å². The Bertz CT molecular complexity index is 442. The molecule has 19 heavy (non-hydrogen) atoms. The van der Waals surface area contributed by atoms with Crippen molar-refractivity contribution in [1.29, 1.82) is 0 Å². The van der Waals surface area contributed by atoms with Crippen molar-refractivity contribution in [3.05, 3.63) is 23.8 Å². The Balaban J connectivity index is 1.78. The maximum Gasteiger partial charge on any atom is 0.0374 e. The van der Waals surface area contributed by atoms with Gasteiger partial charge in [-0.25, -0.2) is 0 Å². The maximum absolute atomic E-state index is 3.49. The number of hydrogen-bond acceptors (Lipinski definition) is 3. The summed E-state index contributed by atoms with van der Waals surface area (Å²) >= 11 is 0. The van der Waals surface area contributed by atoms with Gasteiger partial charge in [-0.05, 0) is 63.5 Å². The molecule has 104 valence electrons. The molecule has 1 unspecified atom stereocenters. The van der Waals surface area contributed by atoms with E-state index in [0.717, 1.165) is 6.54 Å². The van der Waals surface area contributed by atoms with Gasteiger partial charge in [-0.3, -0.25) is 0 Å². The van der Waals surface area contributed by atoms with Gasteiger partial charge >= 0.3 is 0 Å². The molecule has 0 radical (unpaired) electrons. The summed E-state index contributed by atoms with van der Waals surface area (Å²) in [6.45, 7) is 3.49. The SMILES string of the molecule is CN(C)C1CCCN(c2ccc3c(c2)CCCN3)C1. The van der Waals surface area contributed by atoms with E-state index < -0.39 is 0 Å². The Morgan fingerprint density at radius 1 is 1.26 bits per heavy atom. The monoisotopic (exact) mass is 259 g/mol. The molecule has 1 N–H and O–H groups in total. The van der Waals surface area contributed by atoms with Crippen LogP contribution in [-0.4, -0.2) is 44.7 Å². The van der Waals surface area contributed by atoms with Crippen LogP contribution in [0.1, 0.15) is 24.8 Å². The van der Waals surface area contributed by atoms with Crippen LogP contribution in [0.4, 0.5) is 11.4 Å². The van der Waals surface area contributed by atoms with Crippen LogP contribution in [-0.2, 0) is 6.42 Å². The summed E-state index contributed by atoms with van der Waals surface area (Å²) in [7, 11) is 4.40. The van der Waals surface area contributed by atoms with Gasteiger partial charge in [-0.2, -0.15) is 0 Å². The van der Waals surface area contributed by atoms with Crippen LogP contribution in [0.25, 0.3) is 0 Å². The Morgan fingerprint density at radius 2 is 2.16 bits per heavy atom. The van der Waals surface area contributed by atoms with Gasteiger partial charge in [0.2, 0.25) is 0 Å². The molecule has 0 spiro atoms. The van der Waals surface area contributed by atoms with Crippen LogP contribution in [0.2, 0.25) is 0 Å². The third kappa shape index (κ3) is 2.71. The average Bonchev–Trinajstić information content (AvgIpc) is 2.47. The number of benzene rings is 1. The summed E-state index contributed by atoms with van der Waals surface area (Å²) < 4.78 is 0. The largest absolute Gasteiger partial charge is 0.385 e. The molecule has 3 nitrogen and oxygen atoms in total. The molecule has 1 atom stereocenters. The number of anilines is 2. The number of piperidine rings is 1. The Labute approximate surface area is 116 Å². The molecule has 3 heteroatoms. The molecule has 3 rings (SSSR count). The zero-order valence-electron chi connectivity index (χ0n) is 12.2. The van der Waals surface area contributed by atoms with E-state index in [-0.39, 0.29) is 0 Å². The molecule has 0 amide bonds. The van der Waals surface area contributed by atoms with Gasteiger partial charge in [0, 0.05) is 37.1 Å². The Hall–Kier alpha value is -1.22. The summed E-state index contributed by atoms with van der Waals surface area (Å²) in [5, 5.41) is 3.49. The number of hydrogen-bond donors (Lipinski definition) is 1. The van der Waals surface area contributed by atoms with Gasteiger partial charge in [-0.1, -0.05) is 0 Å². The van der Waals surface area contributed by atoms with Crippen molar-refractivity contribution in [2.75, 3.05) is 43.9 Å². The third-order valence-corrected chi connectivity index (χ3v) is 4.52. The Morgan fingerprint density at radius 3 is 3.00 bits per heavy atom.